The molecule has 3 aromatic rings. The maximum absolute atomic E-state index is 12.6. The smallest absolute Gasteiger partial charge is 0.253 e. The first-order chi connectivity index (χ1) is 14.3. The Morgan fingerprint density at radius 1 is 1.23 bits per heavy atom. The fraction of sp³-hybridized carbons (Fsp3) is 0.368. The summed E-state index contributed by atoms with van der Waals surface area (Å²) in [5, 5.41) is 11.4. The average molecular weight is 430 g/mol. The fourth-order valence-electron chi connectivity index (χ4n) is 3.49. The number of piperazine rings is 1. The molecule has 1 amide bonds. The minimum Gasteiger partial charge on any atom is -0.348 e. The highest BCUT2D eigenvalue weighted by Gasteiger charge is 2.33. The molecule has 1 saturated heterocycles. The molecule has 30 heavy (non-hydrogen) atoms. The Labute approximate surface area is 174 Å². The maximum atomic E-state index is 12.6. The molecule has 0 bridgehead atoms. The number of amides is 1. The quantitative estimate of drug-likeness (QED) is 0.621. The van der Waals surface area contributed by atoms with Gasteiger partial charge in [-0.15, -0.1) is 10.2 Å². The predicted molar refractivity (Wildman–Crippen MR) is 110 cm³/mol. The molecule has 10 nitrogen and oxygen atoms in total. The highest BCUT2D eigenvalue weighted by atomic mass is 32.2. The zero-order chi connectivity index (χ0) is 21.3. The lowest BCUT2D eigenvalue weighted by molar-refractivity contribution is 0.0950. The van der Waals surface area contributed by atoms with Gasteiger partial charge in [-0.3, -0.25) is 19.1 Å². The van der Waals surface area contributed by atoms with Gasteiger partial charge in [0, 0.05) is 44.8 Å². The molecule has 4 heterocycles. The lowest BCUT2D eigenvalue weighted by Gasteiger charge is -2.37. The lowest BCUT2D eigenvalue weighted by atomic mass is 10.2. The average Bonchev–Trinajstić information content (AvgIpc) is 3.15. The van der Waals surface area contributed by atoms with Gasteiger partial charge in [0.2, 0.25) is 10.0 Å². The highest BCUT2D eigenvalue weighted by molar-refractivity contribution is 7.88. The van der Waals surface area contributed by atoms with Crippen molar-refractivity contribution in [3.05, 3.63) is 59.8 Å². The number of likely N-dealkylation sites (N-methyl/N-ethyl adjacent to an activating group) is 1. The number of hydrogen-bond acceptors (Lipinski definition) is 7. The van der Waals surface area contributed by atoms with Crippen LogP contribution in [0, 0.1) is 0 Å². The molecule has 3 aromatic heterocycles. The Bertz CT molecular complexity index is 1160. The zero-order valence-corrected chi connectivity index (χ0v) is 17.6. The van der Waals surface area contributed by atoms with E-state index in [0.29, 0.717) is 36.7 Å². The van der Waals surface area contributed by atoms with E-state index in [1.165, 1.54) is 10.6 Å². The monoisotopic (exact) mass is 429 g/mol. The molecule has 1 aliphatic rings. The highest BCUT2D eigenvalue weighted by Crippen LogP contribution is 2.24. The topological polar surface area (TPSA) is 113 Å². The van der Waals surface area contributed by atoms with Crippen molar-refractivity contribution in [2.45, 2.75) is 12.6 Å². The minimum atomic E-state index is -3.30. The molecule has 1 atom stereocenters. The standard InChI is InChI=1S/C19H23N7O3S/c1-24-8-9-25(30(2,28)29)13-16(24)18-23-22-17-6-5-15(12-26(17)18)19(27)21-11-14-4-3-7-20-10-14/h3-7,10,12,16H,8-9,11,13H2,1-2H3,(H,21,27)/t16-/m1/s1. The molecule has 11 heteroatoms. The molecule has 0 unspecified atom stereocenters. The zero-order valence-electron chi connectivity index (χ0n) is 16.8. The predicted octanol–water partition coefficient (Wildman–Crippen LogP) is 0.302. The third-order valence-corrected chi connectivity index (χ3v) is 6.51. The normalized spacial score (nSPS) is 18.5. The van der Waals surface area contributed by atoms with Gasteiger partial charge in [0.1, 0.15) is 0 Å². The first-order valence-electron chi connectivity index (χ1n) is 9.50. The van der Waals surface area contributed by atoms with E-state index in [1.54, 1.807) is 35.1 Å². The molecule has 0 saturated carbocycles. The molecule has 0 aliphatic carbocycles. The summed E-state index contributed by atoms with van der Waals surface area (Å²) >= 11 is 0. The van der Waals surface area contributed by atoms with Crippen molar-refractivity contribution >= 4 is 21.6 Å². The van der Waals surface area contributed by atoms with E-state index in [4.69, 9.17) is 0 Å². The van der Waals surface area contributed by atoms with Crippen LogP contribution in [0.4, 0.5) is 0 Å². The molecule has 1 N–H and O–H groups in total. The van der Waals surface area contributed by atoms with Crippen LogP contribution in [0.15, 0.2) is 42.9 Å². The number of aromatic nitrogens is 4. The third-order valence-electron chi connectivity index (χ3n) is 5.24. The third kappa shape index (κ3) is 4.18. The van der Waals surface area contributed by atoms with E-state index >= 15 is 0 Å². The van der Waals surface area contributed by atoms with Crippen molar-refractivity contribution < 1.29 is 13.2 Å². The number of carbonyl (C=O) groups is 1. The van der Waals surface area contributed by atoms with Crippen molar-refractivity contribution in [1.82, 2.24) is 34.1 Å². The number of sulfonamides is 1. The van der Waals surface area contributed by atoms with Gasteiger partial charge >= 0.3 is 0 Å². The Kier molecular flexibility index (Phi) is 5.50. The Hall–Kier alpha value is -2.89. The second-order valence-electron chi connectivity index (χ2n) is 7.37. The van der Waals surface area contributed by atoms with Gasteiger partial charge in [-0.1, -0.05) is 6.07 Å². The van der Waals surface area contributed by atoms with Gasteiger partial charge in [0.15, 0.2) is 11.5 Å². The molecule has 1 fully saturated rings. The van der Waals surface area contributed by atoms with E-state index in [-0.39, 0.29) is 18.5 Å². The number of rotatable bonds is 5. The summed E-state index contributed by atoms with van der Waals surface area (Å²) in [6.07, 6.45) is 6.28. The summed E-state index contributed by atoms with van der Waals surface area (Å²) in [6.45, 7) is 1.67. The van der Waals surface area contributed by atoms with Crippen LogP contribution in [0.3, 0.4) is 0 Å². The number of pyridine rings is 2. The number of fused-ring (bicyclic) bond motifs is 1. The molecule has 0 radical (unpaired) electrons. The van der Waals surface area contributed by atoms with Crippen molar-refractivity contribution in [1.29, 1.82) is 0 Å². The van der Waals surface area contributed by atoms with Crippen molar-refractivity contribution in [3.8, 4) is 0 Å². The van der Waals surface area contributed by atoms with E-state index in [2.05, 4.69) is 20.5 Å². The minimum absolute atomic E-state index is 0.227. The van der Waals surface area contributed by atoms with E-state index in [9.17, 15) is 13.2 Å². The summed E-state index contributed by atoms with van der Waals surface area (Å²) in [5.74, 6) is 0.373. The molecule has 1 aliphatic heterocycles. The Balaban J connectivity index is 1.59. The van der Waals surface area contributed by atoms with Gasteiger partial charge in [0.05, 0.1) is 17.9 Å². The van der Waals surface area contributed by atoms with Gasteiger partial charge in [0.25, 0.3) is 5.91 Å². The van der Waals surface area contributed by atoms with Crippen LogP contribution in [0.2, 0.25) is 0 Å². The van der Waals surface area contributed by atoms with Gasteiger partial charge < -0.3 is 5.32 Å². The maximum Gasteiger partial charge on any atom is 0.253 e. The van der Waals surface area contributed by atoms with E-state index < -0.39 is 10.0 Å². The molecule has 4 rings (SSSR count). The van der Waals surface area contributed by atoms with Crippen LogP contribution < -0.4 is 5.32 Å². The van der Waals surface area contributed by atoms with Crippen LogP contribution in [-0.4, -0.2) is 76.0 Å². The van der Waals surface area contributed by atoms with E-state index in [1.807, 2.05) is 24.1 Å². The number of nitrogens with zero attached hydrogens (tertiary/aromatic N) is 6. The SMILES string of the molecule is CN1CCN(S(C)(=O)=O)C[C@@H]1c1nnc2ccc(C(=O)NCc3cccnc3)cn12. The number of nitrogens with one attached hydrogen (secondary N) is 1. The van der Waals surface area contributed by atoms with Crippen molar-refractivity contribution in [3.63, 3.8) is 0 Å². The molecular formula is C19H23N7O3S. The summed E-state index contributed by atoms with van der Waals surface area (Å²) in [7, 11) is -1.38. The molecular weight excluding hydrogens is 406 g/mol. The first kappa shape index (κ1) is 20.4. The van der Waals surface area contributed by atoms with Crippen LogP contribution >= 0.6 is 0 Å². The van der Waals surface area contributed by atoms with Crippen molar-refractivity contribution in [2.75, 3.05) is 32.9 Å². The fourth-order valence-corrected chi connectivity index (χ4v) is 4.31. The van der Waals surface area contributed by atoms with Crippen molar-refractivity contribution in [2.24, 2.45) is 0 Å². The summed E-state index contributed by atoms with van der Waals surface area (Å²) < 4.78 is 27.2. The summed E-state index contributed by atoms with van der Waals surface area (Å²) in [6, 6.07) is 6.86. The lowest BCUT2D eigenvalue weighted by Crippen LogP contribution is -2.49. The molecule has 158 valence electrons. The first-order valence-corrected chi connectivity index (χ1v) is 11.3. The largest absolute Gasteiger partial charge is 0.348 e. The number of carbonyl (C=O) groups excluding carboxylic acids is 1. The van der Waals surface area contributed by atoms with Gasteiger partial charge in [-0.05, 0) is 30.8 Å². The van der Waals surface area contributed by atoms with Crippen LogP contribution in [-0.2, 0) is 16.6 Å². The molecule has 0 aromatic carbocycles. The summed E-state index contributed by atoms with van der Waals surface area (Å²) in [4.78, 5) is 18.7. The van der Waals surface area contributed by atoms with Crippen LogP contribution in [0.5, 0.6) is 0 Å². The Morgan fingerprint density at radius 3 is 2.80 bits per heavy atom. The van der Waals surface area contributed by atoms with Gasteiger partial charge in [-0.25, -0.2) is 8.42 Å². The van der Waals surface area contributed by atoms with Gasteiger partial charge in [-0.2, -0.15) is 4.31 Å². The van der Waals surface area contributed by atoms with Crippen LogP contribution in [0.25, 0.3) is 5.65 Å². The second-order valence-corrected chi connectivity index (χ2v) is 9.35. The van der Waals surface area contributed by atoms with E-state index in [0.717, 1.165) is 5.56 Å². The second kappa shape index (κ2) is 8.09. The van der Waals surface area contributed by atoms with Crippen LogP contribution in [0.1, 0.15) is 27.8 Å². The Morgan fingerprint density at radius 2 is 2.07 bits per heavy atom. The number of hydrogen-bond donors (Lipinski definition) is 1. The summed E-state index contributed by atoms with van der Waals surface area (Å²) in [5.41, 5.74) is 1.96. The molecule has 0 spiro atoms.